The first kappa shape index (κ1) is 15.6. The highest BCUT2D eigenvalue weighted by atomic mass is 16.5. The molecule has 0 amide bonds. The zero-order valence-corrected chi connectivity index (χ0v) is 13.2. The SMILES string of the molecule is O=C(OCCCn1cccn1)c1cccc(OC2CCCC2)c1. The fourth-order valence-electron chi connectivity index (χ4n) is 2.80. The number of rotatable bonds is 7. The first-order valence-corrected chi connectivity index (χ1v) is 8.22. The largest absolute Gasteiger partial charge is 0.490 e. The summed E-state index contributed by atoms with van der Waals surface area (Å²) in [6.45, 7) is 1.12. The van der Waals surface area contributed by atoms with Crippen LogP contribution < -0.4 is 4.74 Å². The third-order valence-corrected chi connectivity index (χ3v) is 4.00. The molecule has 0 atom stereocenters. The molecule has 2 aromatic rings. The molecule has 1 aliphatic carbocycles. The first-order valence-electron chi connectivity index (χ1n) is 8.22. The molecule has 1 fully saturated rings. The molecule has 1 aliphatic rings. The highest BCUT2D eigenvalue weighted by Gasteiger charge is 2.17. The Hall–Kier alpha value is -2.30. The summed E-state index contributed by atoms with van der Waals surface area (Å²) in [6.07, 6.45) is 9.31. The molecule has 5 heteroatoms. The second kappa shape index (κ2) is 7.81. The van der Waals surface area contributed by atoms with Gasteiger partial charge in [-0.3, -0.25) is 4.68 Å². The Bertz CT molecular complexity index is 619. The standard InChI is InChI=1S/C18H22N2O3/c21-18(22-13-5-12-20-11-4-10-19-20)15-6-3-9-17(14-15)23-16-7-1-2-8-16/h3-4,6,9-11,14,16H,1-2,5,7-8,12-13H2. The molecule has 1 aromatic heterocycles. The van der Waals surface area contributed by atoms with E-state index in [1.54, 1.807) is 18.3 Å². The zero-order chi connectivity index (χ0) is 15.9. The van der Waals surface area contributed by atoms with Gasteiger partial charge in [0.15, 0.2) is 0 Å². The summed E-state index contributed by atoms with van der Waals surface area (Å²) in [5, 5.41) is 4.11. The lowest BCUT2D eigenvalue weighted by Gasteiger charge is -2.13. The van der Waals surface area contributed by atoms with Crippen LogP contribution in [0.15, 0.2) is 42.7 Å². The predicted molar refractivity (Wildman–Crippen MR) is 86.5 cm³/mol. The molecule has 1 saturated carbocycles. The van der Waals surface area contributed by atoms with Crippen molar-refractivity contribution in [1.82, 2.24) is 9.78 Å². The Labute approximate surface area is 136 Å². The Kier molecular flexibility index (Phi) is 5.29. The van der Waals surface area contributed by atoms with Crippen LogP contribution in [-0.2, 0) is 11.3 Å². The molecule has 3 rings (SSSR count). The summed E-state index contributed by atoms with van der Waals surface area (Å²) in [4.78, 5) is 12.1. The minimum Gasteiger partial charge on any atom is -0.490 e. The number of hydrogen-bond donors (Lipinski definition) is 0. The number of ether oxygens (including phenoxy) is 2. The monoisotopic (exact) mass is 314 g/mol. The Morgan fingerprint density at radius 3 is 2.91 bits per heavy atom. The van der Waals surface area contributed by atoms with Crippen molar-refractivity contribution >= 4 is 5.97 Å². The van der Waals surface area contributed by atoms with E-state index in [1.807, 2.05) is 29.1 Å². The lowest BCUT2D eigenvalue weighted by atomic mass is 10.2. The summed E-state index contributed by atoms with van der Waals surface area (Å²) in [7, 11) is 0. The van der Waals surface area contributed by atoms with E-state index in [0.29, 0.717) is 12.2 Å². The summed E-state index contributed by atoms with van der Waals surface area (Å²) in [5.74, 6) is 0.449. The van der Waals surface area contributed by atoms with Crippen LogP contribution in [0.2, 0.25) is 0 Å². The van der Waals surface area contributed by atoms with Crippen molar-refractivity contribution in [2.24, 2.45) is 0 Å². The topological polar surface area (TPSA) is 53.4 Å². The van der Waals surface area contributed by atoms with Crippen molar-refractivity contribution in [3.8, 4) is 5.75 Å². The summed E-state index contributed by atoms with van der Waals surface area (Å²) < 4.78 is 13.1. The smallest absolute Gasteiger partial charge is 0.338 e. The van der Waals surface area contributed by atoms with E-state index in [1.165, 1.54) is 12.8 Å². The summed E-state index contributed by atoms with van der Waals surface area (Å²) in [5.41, 5.74) is 0.541. The predicted octanol–water partition coefficient (Wildman–Crippen LogP) is 3.45. The number of aryl methyl sites for hydroxylation is 1. The quantitative estimate of drug-likeness (QED) is 0.580. The Morgan fingerprint density at radius 2 is 2.13 bits per heavy atom. The van der Waals surface area contributed by atoms with E-state index in [9.17, 15) is 4.79 Å². The van der Waals surface area contributed by atoms with Crippen LogP contribution in [0.4, 0.5) is 0 Å². The maximum Gasteiger partial charge on any atom is 0.338 e. The summed E-state index contributed by atoms with van der Waals surface area (Å²) in [6, 6.07) is 9.14. The minimum absolute atomic E-state index is 0.287. The van der Waals surface area contributed by atoms with Crippen molar-refractivity contribution in [2.75, 3.05) is 6.61 Å². The first-order chi connectivity index (χ1) is 11.3. The maximum atomic E-state index is 12.1. The third-order valence-electron chi connectivity index (χ3n) is 4.00. The van der Waals surface area contributed by atoms with E-state index >= 15 is 0 Å². The fraction of sp³-hybridized carbons (Fsp3) is 0.444. The van der Waals surface area contributed by atoms with Crippen LogP contribution in [0.5, 0.6) is 5.75 Å². The molecule has 0 bridgehead atoms. The second-order valence-electron chi connectivity index (χ2n) is 5.81. The molecule has 5 nitrogen and oxygen atoms in total. The van der Waals surface area contributed by atoms with E-state index in [0.717, 1.165) is 31.6 Å². The van der Waals surface area contributed by atoms with E-state index < -0.39 is 0 Å². The van der Waals surface area contributed by atoms with Gasteiger partial charge < -0.3 is 9.47 Å². The van der Waals surface area contributed by atoms with Crippen LogP contribution in [0.3, 0.4) is 0 Å². The normalized spacial score (nSPS) is 14.8. The van der Waals surface area contributed by atoms with Crippen LogP contribution in [0.1, 0.15) is 42.5 Å². The highest BCUT2D eigenvalue weighted by Crippen LogP contribution is 2.24. The van der Waals surface area contributed by atoms with Crippen LogP contribution in [0, 0.1) is 0 Å². The number of esters is 1. The van der Waals surface area contributed by atoms with E-state index in [4.69, 9.17) is 9.47 Å². The lowest BCUT2D eigenvalue weighted by Crippen LogP contribution is -2.12. The fourth-order valence-corrected chi connectivity index (χ4v) is 2.80. The van der Waals surface area contributed by atoms with Crippen molar-refractivity contribution in [2.45, 2.75) is 44.8 Å². The number of benzene rings is 1. The molecule has 122 valence electrons. The Morgan fingerprint density at radius 1 is 1.26 bits per heavy atom. The van der Waals surface area contributed by atoms with Crippen LogP contribution >= 0.6 is 0 Å². The molecule has 0 N–H and O–H groups in total. The van der Waals surface area contributed by atoms with Crippen molar-refractivity contribution in [3.05, 3.63) is 48.3 Å². The van der Waals surface area contributed by atoms with Gasteiger partial charge in [0, 0.05) is 25.4 Å². The van der Waals surface area contributed by atoms with Gasteiger partial charge in [0.25, 0.3) is 0 Å². The van der Waals surface area contributed by atoms with Gasteiger partial charge in [-0.05, 0) is 49.9 Å². The van der Waals surface area contributed by atoms with Gasteiger partial charge in [-0.25, -0.2) is 4.79 Å². The Balaban J connectivity index is 1.46. The molecule has 23 heavy (non-hydrogen) atoms. The third kappa shape index (κ3) is 4.58. The zero-order valence-electron chi connectivity index (χ0n) is 13.2. The van der Waals surface area contributed by atoms with Crippen molar-refractivity contribution in [3.63, 3.8) is 0 Å². The second-order valence-corrected chi connectivity index (χ2v) is 5.81. The maximum absolute atomic E-state index is 12.1. The number of carbonyl (C=O) groups excluding carboxylic acids is 1. The minimum atomic E-state index is -0.303. The van der Waals surface area contributed by atoms with Crippen LogP contribution in [-0.4, -0.2) is 28.5 Å². The van der Waals surface area contributed by atoms with E-state index in [2.05, 4.69) is 5.10 Å². The van der Waals surface area contributed by atoms with Gasteiger partial charge in [0.05, 0.1) is 18.3 Å². The molecule has 1 heterocycles. The van der Waals surface area contributed by atoms with Crippen LogP contribution in [0.25, 0.3) is 0 Å². The number of carbonyl (C=O) groups is 1. The van der Waals surface area contributed by atoms with Gasteiger partial charge in [-0.1, -0.05) is 6.07 Å². The van der Waals surface area contributed by atoms with Gasteiger partial charge in [-0.2, -0.15) is 5.10 Å². The summed E-state index contributed by atoms with van der Waals surface area (Å²) >= 11 is 0. The molecular weight excluding hydrogens is 292 g/mol. The lowest BCUT2D eigenvalue weighted by molar-refractivity contribution is 0.0494. The average molecular weight is 314 g/mol. The molecular formula is C18H22N2O3. The van der Waals surface area contributed by atoms with Gasteiger partial charge in [0.2, 0.25) is 0 Å². The molecule has 0 radical (unpaired) electrons. The van der Waals surface area contributed by atoms with E-state index in [-0.39, 0.29) is 12.1 Å². The number of aromatic nitrogens is 2. The van der Waals surface area contributed by atoms with Gasteiger partial charge in [-0.15, -0.1) is 0 Å². The molecule has 0 unspecified atom stereocenters. The molecule has 0 saturated heterocycles. The average Bonchev–Trinajstić information content (AvgIpc) is 3.25. The van der Waals surface area contributed by atoms with Gasteiger partial charge in [0.1, 0.15) is 5.75 Å². The van der Waals surface area contributed by atoms with Crippen molar-refractivity contribution < 1.29 is 14.3 Å². The number of hydrogen-bond acceptors (Lipinski definition) is 4. The highest BCUT2D eigenvalue weighted by molar-refractivity contribution is 5.89. The molecule has 0 spiro atoms. The van der Waals surface area contributed by atoms with Gasteiger partial charge >= 0.3 is 5.97 Å². The molecule has 1 aromatic carbocycles. The number of nitrogens with zero attached hydrogens (tertiary/aromatic N) is 2. The molecule has 0 aliphatic heterocycles. The van der Waals surface area contributed by atoms with Crippen molar-refractivity contribution in [1.29, 1.82) is 0 Å².